The molecule has 1 aliphatic carbocycles. The summed E-state index contributed by atoms with van der Waals surface area (Å²) in [4.78, 5) is 0.218. The Balaban J connectivity index is 2.34. The molecule has 0 saturated heterocycles. The molecule has 1 saturated carbocycles. The Hall–Kier alpha value is -1.11. The SMILES string of the molecule is COc1cc(CN)ccc1S(=O)(=O)N(C)C1CCCCC1. The molecule has 118 valence electrons. The first kappa shape index (κ1) is 16.3. The van der Waals surface area contributed by atoms with Crippen molar-refractivity contribution in [2.75, 3.05) is 14.2 Å². The number of nitrogens with two attached hydrogens (primary N) is 1. The van der Waals surface area contributed by atoms with Gasteiger partial charge in [-0.3, -0.25) is 0 Å². The summed E-state index contributed by atoms with van der Waals surface area (Å²) < 4.78 is 32.4. The standard InChI is InChI=1S/C15H24N2O3S/c1-17(13-6-4-3-5-7-13)21(18,19)15-9-8-12(11-16)10-14(15)20-2/h8-10,13H,3-7,11,16H2,1-2H3. The van der Waals surface area contributed by atoms with Gasteiger partial charge in [-0.15, -0.1) is 0 Å². The molecule has 1 aromatic carbocycles. The van der Waals surface area contributed by atoms with Crippen molar-refractivity contribution in [3.8, 4) is 5.75 Å². The third kappa shape index (κ3) is 3.39. The number of hydrogen-bond donors (Lipinski definition) is 1. The third-order valence-electron chi connectivity index (χ3n) is 4.21. The summed E-state index contributed by atoms with van der Waals surface area (Å²) in [6.45, 7) is 0.356. The van der Waals surface area contributed by atoms with E-state index in [9.17, 15) is 8.42 Å². The van der Waals surface area contributed by atoms with Crippen LogP contribution in [0.3, 0.4) is 0 Å². The summed E-state index contributed by atoms with van der Waals surface area (Å²) >= 11 is 0. The van der Waals surface area contributed by atoms with Crippen LogP contribution in [0.15, 0.2) is 23.1 Å². The molecule has 0 bridgehead atoms. The fourth-order valence-electron chi connectivity index (χ4n) is 2.85. The molecule has 0 atom stereocenters. The summed E-state index contributed by atoms with van der Waals surface area (Å²) in [7, 11) is -0.389. The van der Waals surface area contributed by atoms with E-state index in [0.717, 1.165) is 31.2 Å². The van der Waals surface area contributed by atoms with E-state index in [1.54, 1.807) is 25.2 Å². The van der Waals surface area contributed by atoms with Gasteiger partial charge in [-0.2, -0.15) is 4.31 Å². The Morgan fingerprint density at radius 2 is 1.95 bits per heavy atom. The molecule has 0 aliphatic heterocycles. The van der Waals surface area contributed by atoms with Gasteiger partial charge >= 0.3 is 0 Å². The highest BCUT2D eigenvalue weighted by molar-refractivity contribution is 7.89. The van der Waals surface area contributed by atoms with Gasteiger partial charge < -0.3 is 10.5 Å². The Morgan fingerprint density at radius 1 is 1.29 bits per heavy atom. The van der Waals surface area contributed by atoms with Gasteiger partial charge in [0.1, 0.15) is 10.6 Å². The molecular formula is C15H24N2O3S. The maximum Gasteiger partial charge on any atom is 0.246 e. The van der Waals surface area contributed by atoms with E-state index in [1.165, 1.54) is 17.8 Å². The summed E-state index contributed by atoms with van der Waals surface area (Å²) in [5.74, 6) is 0.362. The molecule has 1 fully saturated rings. The highest BCUT2D eigenvalue weighted by atomic mass is 32.2. The summed E-state index contributed by atoms with van der Waals surface area (Å²) in [6, 6.07) is 5.11. The van der Waals surface area contributed by atoms with E-state index < -0.39 is 10.0 Å². The van der Waals surface area contributed by atoms with Gasteiger partial charge in [0.05, 0.1) is 7.11 Å². The van der Waals surface area contributed by atoms with Gasteiger partial charge in [-0.1, -0.05) is 25.3 Å². The monoisotopic (exact) mass is 312 g/mol. The van der Waals surface area contributed by atoms with Crippen molar-refractivity contribution in [1.82, 2.24) is 4.31 Å². The van der Waals surface area contributed by atoms with Gasteiger partial charge in [0.15, 0.2) is 0 Å². The maximum atomic E-state index is 12.8. The zero-order valence-electron chi connectivity index (χ0n) is 12.7. The molecule has 6 heteroatoms. The molecule has 21 heavy (non-hydrogen) atoms. The van der Waals surface area contributed by atoms with Crippen molar-refractivity contribution >= 4 is 10.0 Å². The maximum absolute atomic E-state index is 12.8. The smallest absolute Gasteiger partial charge is 0.246 e. The normalized spacial score (nSPS) is 17.1. The van der Waals surface area contributed by atoms with Crippen LogP contribution in [0.5, 0.6) is 5.75 Å². The molecule has 0 spiro atoms. The molecule has 0 amide bonds. The number of methoxy groups -OCH3 is 1. The largest absolute Gasteiger partial charge is 0.495 e. The molecule has 0 aromatic heterocycles. The first-order chi connectivity index (χ1) is 10.0. The van der Waals surface area contributed by atoms with Crippen molar-refractivity contribution in [1.29, 1.82) is 0 Å². The van der Waals surface area contributed by atoms with Crippen LogP contribution >= 0.6 is 0 Å². The third-order valence-corrected chi connectivity index (χ3v) is 6.16. The van der Waals surface area contributed by atoms with Crippen LogP contribution < -0.4 is 10.5 Å². The zero-order chi connectivity index (χ0) is 15.5. The second-order valence-corrected chi connectivity index (χ2v) is 7.47. The average Bonchev–Trinajstić information content (AvgIpc) is 2.54. The van der Waals surface area contributed by atoms with E-state index >= 15 is 0 Å². The average molecular weight is 312 g/mol. The molecule has 2 rings (SSSR count). The number of ether oxygens (including phenoxy) is 1. The van der Waals surface area contributed by atoms with Gasteiger partial charge in [0.25, 0.3) is 0 Å². The predicted molar refractivity (Wildman–Crippen MR) is 82.7 cm³/mol. The van der Waals surface area contributed by atoms with Crippen molar-refractivity contribution in [2.24, 2.45) is 5.73 Å². The molecule has 0 radical (unpaired) electrons. The summed E-state index contributed by atoms with van der Waals surface area (Å²) in [5, 5.41) is 0. The van der Waals surface area contributed by atoms with Crippen molar-refractivity contribution in [2.45, 2.75) is 49.6 Å². The number of benzene rings is 1. The van der Waals surface area contributed by atoms with Crippen LogP contribution in [0.25, 0.3) is 0 Å². The van der Waals surface area contributed by atoms with E-state index in [-0.39, 0.29) is 10.9 Å². The molecule has 5 nitrogen and oxygen atoms in total. The second kappa shape index (κ2) is 6.77. The van der Waals surface area contributed by atoms with Crippen LogP contribution in [0.4, 0.5) is 0 Å². The van der Waals surface area contributed by atoms with Crippen molar-refractivity contribution in [3.05, 3.63) is 23.8 Å². The number of hydrogen-bond acceptors (Lipinski definition) is 4. The Morgan fingerprint density at radius 3 is 2.52 bits per heavy atom. The number of nitrogens with zero attached hydrogens (tertiary/aromatic N) is 1. The minimum absolute atomic E-state index is 0.0858. The molecule has 0 heterocycles. The second-order valence-electron chi connectivity index (χ2n) is 5.50. The van der Waals surface area contributed by atoms with Crippen molar-refractivity contribution < 1.29 is 13.2 Å². The van der Waals surface area contributed by atoms with Gasteiger partial charge in [-0.25, -0.2) is 8.42 Å². The van der Waals surface area contributed by atoms with Crippen LogP contribution in [0, 0.1) is 0 Å². The number of sulfonamides is 1. The lowest BCUT2D eigenvalue weighted by atomic mass is 9.96. The summed E-state index contributed by atoms with van der Waals surface area (Å²) in [6.07, 6.45) is 5.23. The minimum Gasteiger partial charge on any atom is -0.495 e. The van der Waals surface area contributed by atoms with Crippen LogP contribution in [0.2, 0.25) is 0 Å². The first-order valence-corrected chi connectivity index (χ1v) is 8.79. The van der Waals surface area contributed by atoms with Crippen LogP contribution in [-0.4, -0.2) is 32.9 Å². The Labute approximate surface area is 127 Å². The molecule has 0 unspecified atom stereocenters. The van der Waals surface area contributed by atoms with Gasteiger partial charge in [0, 0.05) is 19.6 Å². The van der Waals surface area contributed by atoms with E-state index in [4.69, 9.17) is 10.5 Å². The topological polar surface area (TPSA) is 72.6 Å². The molecule has 1 aliphatic rings. The Bertz CT molecular complexity index is 581. The van der Waals surface area contributed by atoms with Crippen LogP contribution in [-0.2, 0) is 16.6 Å². The summed E-state index contributed by atoms with van der Waals surface area (Å²) in [5.41, 5.74) is 6.45. The van der Waals surface area contributed by atoms with Crippen molar-refractivity contribution in [3.63, 3.8) is 0 Å². The highest BCUT2D eigenvalue weighted by Crippen LogP contribution is 2.31. The predicted octanol–water partition coefficient (Wildman–Crippen LogP) is 2.11. The highest BCUT2D eigenvalue weighted by Gasteiger charge is 2.31. The Kier molecular flexibility index (Phi) is 5.24. The molecular weight excluding hydrogens is 288 g/mol. The van der Waals surface area contributed by atoms with Gasteiger partial charge in [0.2, 0.25) is 10.0 Å². The molecule has 2 N–H and O–H groups in total. The van der Waals surface area contributed by atoms with Gasteiger partial charge in [-0.05, 0) is 30.5 Å². The van der Waals surface area contributed by atoms with E-state index in [0.29, 0.717) is 12.3 Å². The van der Waals surface area contributed by atoms with Crippen LogP contribution in [0.1, 0.15) is 37.7 Å². The minimum atomic E-state index is -3.54. The zero-order valence-corrected chi connectivity index (χ0v) is 13.5. The fraction of sp³-hybridized carbons (Fsp3) is 0.600. The fourth-order valence-corrected chi connectivity index (χ4v) is 4.40. The molecule has 1 aromatic rings. The quantitative estimate of drug-likeness (QED) is 0.904. The van der Waals surface area contributed by atoms with E-state index in [1.807, 2.05) is 0 Å². The lowest BCUT2D eigenvalue weighted by molar-refractivity contribution is 0.284. The first-order valence-electron chi connectivity index (χ1n) is 7.35. The van der Waals surface area contributed by atoms with E-state index in [2.05, 4.69) is 0 Å². The number of rotatable bonds is 5. The lowest BCUT2D eigenvalue weighted by Gasteiger charge is -2.30. The lowest BCUT2D eigenvalue weighted by Crippen LogP contribution is -2.38.